The predicted molar refractivity (Wildman–Crippen MR) is 108 cm³/mol. The molecule has 5 nitrogen and oxygen atoms in total. The molecule has 3 rings (SSSR count). The Hall–Kier alpha value is -1.95. The molecular formula is C21H29N3O2S. The maximum Gasteiger partial charge on any atom is 0.404 e. The molecule has 1 heterocycles. The van der Waals surface area contributed by atoms with Gasteiger partial charge in [-0.15, -0.1) is 0 Å². The van der Waals surface area contributed by atoms with Crippen LogP contribution in [0.4, 0.5) is 4.79 Å². The lowest BCUT2D eigenvalue weighted by molar-refractivity contribution is 0.157. The number of ether oxygens (including phenoxy) is 1. The summed E-state index contributed by atoms with van der Waals surface area (Å²) in [6, 6.07) is 6.65. The molecule has 2 N–H and O–H groups in total. The Morgan fingerprint density at radius 3 is 2.52 bits per heavy atom. The Kier molecular flexibility index (Phi) is 6.15. The monoisotopic (exact) mass is 387 g/mol. The molecule has 1 aliphatic carbocycles. The summed E-state index contributed by atoms with van der Waals surface area (Å²) in [7, 11) is 0. The standard InChI is InChI=1S/C21H29N3O2S/c1-13(2)19-20(27-17-10-14(3)9-15(4)11-17)24(12-16-5-6-16)18(23-19)7-8-26-21(22)25/h9-11,13,16H,5-8,12H2,1-4H3,(H2,22,25). The molecule has 1 aliphatic rings. The summed E-state index contributed by atoms with van der Waals surface area (Å²) in [4.78, 5) is 17.1. The van der Waals surface area contributed by atoms with Crippen molar-refractivity contribution in [2.24, 2.45) is 11.7 Å². The average molecular weight is 388 g/mol. The topological polar surface area (TPSA) is 70.1 Å². The molecule has 6 heteroatoms. The zero-order chi connectivity index (χ0) is 19.6. The number of imidazole rings is 1. The number of hydrogen-bond donors (Lipinski definition) is 1. The molecule has 0 radical (unpaired) electrons. The maximum atomic E-state index is 10.9. The molecule has 0 saturated heterocycles. The number of rotatable bonds is 8. The highest BCUT2D eigenvalue weighted by Crippen LogP contribution is 2.39. The molecule has 146 valence electrons. The normalized spacial score (nSPS) is 14.0. The van der Waals surface area contributed by atoms with Crippen LogP contribution in [0.1, 0.15) is 55.3 Å². The number of nitrogens with two attached hydrogens (primary N) is 1. The van der Waals surface area contributed by atoms with Crippen LogP contribution >= 0.6 is 11.8 Å². The molecule has 1 saturated carbocycles. The number of primary amides is 1. The Morgan fingerprint density at radius 2 is 1.96 bits per heavy atom. The largest absolute Gasteiger partial charge is 0.449 e. The summed E-state index contributed by atoms with van der Waals surface area (Å²) in [5.74, 6) is 2.04. The smallest absolute Gasteiger partial charge is 0.404 e. The van der Waals surface area contributed by atoms with Gasteiger partial charge in [-0.2, -0.15) is 0 Å². The van der Waals surface area contributed by atoms with E-state index in [9.17, 15) is 4.79 Å². The van der Waals surface area contributed by atoms with Crippen LogP contribution in [0.15, 0.2) is 28.1 Å². The van der Waals surface area contributed by atoms with E-state index in [1.54, 1.807) is 11.8 Å². The van der Waals surface area contributed by atoms with Crippen molar-refractivity contribution in [3.8, 4) is 0 Å². The molecule has 0 aliphatic heterocycles. The molecule has 0 bridgehead atoms. The minimum Gasteiger partial charge on any atom is -0.449 e. The van der Waals surface area contributed by atoms with Gasteiger partial charge in [0.25, 0.3) is 0 Å². The van der Waals surface area contributed by atoms with Gasteiger partial charge in [-0.25, -0.2) is 9.78 Å². The number of benzene rings is 1. The van der Waals surface area contributed by atoms with E-state index < -0.39 is 6.09 Å². The molecule has 2 aromatic rings. The first kappa shape index (κ1) is 19.8. The zero-order valence-corrected chi connectivity index (χ0v) is 17.4. The summed E-state index contributed by atoms with van der Waals surface area (Å²) in [6.45, 7) is 9.88. The van der Waals surface area contributed by atoms with E-state index in [0.717, 1.165) is 24.0 Å². The van der Waals surface area contributed by atoms with Crippen LogP contribution < -0.4 is 5.73 Å². The SMILES string of the molecule is Cc1cc(C)cc(Sc2c(C(C)C)nc(CCOC(N)=O)n2CC2CC2)c1. The number of aromatic nitrogens is 2. The summed E-state index contributed by atoms with van der Waals surface area (Å²) >= 11 is 1.80. The van der Waals surface area contributed by atoms with Gasteiger partial charge >= 0.3 is 6.09 Å². The fraction of sp³-hybridized carbons (Fsp3) is 0.524. The van der Waals surface area contributed by atoms with Crippen LogP contribution in [0.3, 0.4) is 0 Å². The van der Waals surface area contributed by atoms with Gasteiger partial charge in [-0.05, 0) is 61.8 Å². The molecule has 0 spiro atoms. The highest BCUT2D eigenvalue weighted by molar-refractivity contribution is 7.99. The van der Waals surface area contributed by atoms with E-state index in [0.29, 0.717) is 12.3 Å². The summed E-state index contributed by atoms with van der Waals surface area (Å²) in [6.07, 6.45) is 2.41. The lowest BCUT2D eigenvalue weighted by Gasteiger charge is -2.14. The van der Waals surface area contributed by atoms with Gasteiger partial charge in [0.2, 0.25) is 0 Å². The van der Waals surface area contributed by atoms with E-state index in [2.05, 4.69) is 50.5 Å². The summed E-state index contributed by atoms with van der Waals surface area (Å²) < 4.78 is 7.31. The molecule has 0 atom stereocenters. The van der Waals surface area contributed by atoms with E-state index >= 15 is 0 Å². The molecule has 1 aromatic heterocycles. The summed E-state index contributed by atoms with van der Waals surface area (Å²) in [5, 5.41) is 1.22. The molecule has 27 heavy (non-hydrogen) atoms. The van der Waals surface area contributed by atoms with Crippen molar-refractivity contribution in [1.82, 2.24) is 9.55 Å². The summed E-state index contributed by atoms with van der Waals surface area (Å²) in [5.41, 5.74) is 8.77. The minimum absolute atomic E-state index is 0.266. The predicted octanol–water partition coefficient (Wildman–Crippen LogP) is 4.82. The van der Waals surface area contributed by atoms with Crippen molar-refractivity contribution in [3.63, 3.8) is 0 Å². The van der Waals surface area contributed by atoms with Crippen LogP contribution in [0.2, 0.25) is 0 Å². The third kappa shape index (κ3) is 5.28. The van der Waals surface area contributed by atoms with Gasteiger partial charge in [0, 0.05) is 17.9 Å². The Morgan fingerprint density at radius 1 is 1.30 bits per heavy atom. The lowest BCUT2D eigenvalue weighted by atomic mass is 10.1. The minimum atomic E-state index is -0.732. The Bertz CT molecular complexity index is 805. The molecule has 0 unspecified atom stereocenters. The third-order valence-corrected chi connectivity index (χ3v) is 5.78. The Balaban J connectivity index is 1.95. The van der Waals surface area contributed by atoms with Crippen molar-refractivity contribution >= 4 is 17.9 Å². The first-order valence-corrected chi connectivity index (χ1v) is 10.4. The van der Waals surface area contributed by atoms with Crippen LogP contribution in [-0.4, -0.2) is 22.3 Å². The van der Waals surface area contributed by atoms with E-state index in [1.165, 1.54) is 33.9 Å². The highest BCUT2D eigenvalue weighted by atomic mass is 32.2. The Labute approximate surface area is 165 Å². The number of carbonyl (C=O) groups excluding carboxylic acids is 1. The van der Waals surface area contributed by atoms with E-state index in [1.807, 2.05) is 0 Å². The average Bonchev–Trinajstić information content (AvgIpc) is 3.31. The molecule has 1 aromatic carbocycles. The van der Waals surface area contributed by atoms with Gasteiger partial charge < -0.3 is 15.0 Å². The third-order valence-electron chi connectivity index (χ3n) is 4.69. The van der Waals surface area contributed by atoms with Crippen molar-refractivity contribution in [2.45, 2.75) is 69.3 Å². The molecular weight excluding hydrogens is 358 g/mol. The number of hydrogen-bond acceptors (Lipinski definition) is 4. The van der Waals surface area contributed by atoms with Gasteiger partial charge in [-0.1, -0.05) is 31.7 Å². The number of carbonyl (C=O) groups is 1. The van der Waals surface area contributed by atoms with E-state index in [-0.39, 0.29) is 6.61 Å². The number of nitrogens with zero attached hydrogens (tertiary/aromatic N) is 2. The zero-order valence-electron chi connectivity index (χ0n) is 16.6. The van der Waals surface area contributed by atoms with Crippen molar-refractivity contribution in [3.05, 3.63) is 40.8 Å². The highest BCUT2D eigenvalue weighted by Gasteiger charge is 2.27. The number of aryl methyl sites for hydroxylation is 2. The second-order valence-electron chi connectivity index (χ2n) is 7.77. The van der Waals surface area contributed by atoms with Crippen LogP contribution in [0.5, 0.6) is 0 Å². The second kappa shape index (κ2) is 8.38. The quantitative estimate of drug-likeness (QED) is 0.705. The van der Waals surface area contributed by atoms with Crippen LogP contribution in [0.25, 0.3) is 0 Å². The van der Waals surface area contributed by atoms with Crippen molar-refractivity contribution < 1.29 is 9.53 Å². The van der Waals surface area contributed by atoms with Crippen LogP contribution in [-0.2, 0) is 17.7 Å². The number of amides is 1. The fourth-order valence-corrected chi connectivity index (χ4v) is 4.66. The van der Waals surface area contributed by atoms with Gasteiger partial charge in [0.05, 0.1) is 5.69 Å². The van der Waals surface area contributed by atoms with Gasteiger partial charge in [0.15, 0.2) is 0 Å². The first-order valence-electron chi connectivity index (χ1n) is 9.61. The lowest BCUT2D eigenvalue weighted by Crippen LogP contribution is -2.16. The van der Waals surface area contributed by atoms with Crippen molar-refractivity contribution in [1.29, 1.82) is 0 Å². The van der Waals surface area contributed by atoms with Crippen LogP contribution in [0, 0.1) is 19.8 Å². The second-order valence-corrected chi connectivity index (χ2v) is 8.83. The van der Waals surface area contributed by atoms with Crippen molar-refractivity contribution in [2.75, 3.05) is 6.61 Å². The van der Waals surface area contributed by atoms with Gasteiger partial charge in [0.1, 0.15) is 17.5 Å². The first-order chi connectivity index (χ1) is 12.8. The molecule has 1 amide bonds. The fourth-order valence-electron chi connectivity index (χ4n) is 3.27. The maximum absolute atomic E-state index is 10.9. The molecule has 1 fully saturated rings. The van der Waals surface area contributed by atoms with E-state index in [4.69, 9.17) is 15.5 Å². The van der Waals surface area contributed by atoms with Gasteiger partial charge in [-0.3, -0.25) is 0 Å².